The molecule has 1 spiro atoms. The number of carbonyl (C=O) groups is 1. The van der Waals surface area contributed by atoms with Crippen molar-refractivity contribution in [1.82, 2.24) is 0 Å². The molecule has 3 aliphatic rings. The van der Waals surface area contributed by atoms with Crippen molar-refractivity contribution >= 4 is 48.2 Å². The van der Waals surface area contributed by atoms with E-state index in [0.717, 1.165) is 46.7 Å². The van der Waals surface area contributed by atoms with E-state index in [0.29, 0.717) is 24.0 Å². The minimum atomic E-state index is -2.97. The highest BCUT2D eigenvalue weighted by Gasteiger charge is 2.52. The normalized spacial score (nSPS) is 24.8. The molecule has 0 bridgehead atoms. The maximum Gasteiger partial charge on any atom is 0.342 e. The first-order chi connectivity index (χ1) is 21.6. The lowest BCUT2D eigenvalue weighted by Gasteiger charge is -2.43. The first-order valence-electron chi connectivity index (χ1n) is 16.1. The van der Waals surface area contributed by atoms with Gasteiger partial charge in [0, 0.05) is 12.5 Å². The average Bonchev–Trinajstić information content (AvgIpc) is 3.75. The van der Waals surface area contributed by atoms with Crippen molar-refractivity contribution in [2.45, 2.75) is 68.6 Å². The number of cyclic esters (lactones) is 1. The summed E-state index contributed by atoms with van der Waals surface area (Å²) in [7, 11) is -2.97. The molecule has 6 rings (SSSR count). The number of rotatable bonds is 4. The molecule has 0 radical (unpaired) electrons. The Labute approximate surface area is 277 Å². The number of esters is 1. The van der Waals surface area contributed by atoms with Gasteiger partial charge in [0.15, 0.2) is 0 Å². The minimum absolute atomic E-state index is 0.0844. The zero-order chi connectivity index (χ0) is 31.7. The van der Waals surface area contributed by atoms with Crippen LogP contribution in [0, 0.1) is 11.8 Å². The molecule has 1 saturated heterocycles. The van der Waals surface area contributed by atoms with Crippen LogP contribution in [-0.2, 0) is 11.2 Å². The summed E-state index contributed by atoms with van der Waals surface area (Å²) in [6, 6.07) is 24.6. The van der Waals surface area contributed by atoms with E-state index in [1.807, 2.05) is 48.6 Å². The molecule has 1 saturated carbocycles. The van der Waals surface area contributed by atoms with Crippen LogP contribution < -0.4 is 14.8 Å². The third-order valence-corrected chi connectivity index (χ3v) is 17.4. The maximum atomic E-state index is 13.8. The summed E-state index contributed by atoms with van der Waals surface area (Å²) in [6.07, 6.45) is 12.4. The second-order valence-corrected chi connectivity index (χ2v) is 21.0. The van der Waals surface area contributed by atoms with Crippen molar-refractivity contribution in [3.8, 4) is 11.5 Å². The highest BCUT2D eigenvalue weighted by molar-refractivity contribution is 8.19. The largest absolute Gasteiger partial charge is 0.534 e. The SMILES string of the molecule is C[C@@H]1C[C@H]2C[C@@H]2/C=C\C=C\C2(Cc3cc(O[Si](c4ccccc4)(c4ccccc4)C(C)(C)C)cc(O)c3C(=O)O1)SCCCS2. The van der Waals surface area contributed by atoms with Crippen LogP contribution in [0.3, 0.4) is 0 Å². The van der Waals surface area contributed by atoms with Crippen LogP contribution >= 0.6 is 23.5 Å². The van der Waals surface area contributed by atoms with E-state index in [1.165, 1.54) is 0 Å². The van der Waals surface area contributed by atoms with Gasteiger partial charge in [0.05, 0.1) is 10.2 Å². The third kappa shape index (κ3) is 6.81. The van der Waals surface area contributed by atoms with E-state index >= 15 is 0 Å². The summed E-state index contributed by atoms with van der Waals surface area (Å²) in [4.78, 5) is 13.8. The Morgan fingerprint density at radius 1 is 0.933 bits per heavy atom. The number of allylic oxidation sites excluding steroid dienone is 3. The number of ether oxygens (including phenoxy) is 1. The van der Waals surface area contributed by atoms with Gasteiger partial charge in [-0.1, -0.05) is 106 Å². The monoisotopic (exact) mass is 656 g/mol. The minimum Gasteiger partial charge on any atom is -0.534 e. The fraction of sp³-hybridized carbons (Fsp3) is 0.395. The fourth-order valence-corrected chi connectivity index (χ4v) is 14.5. The second-order valence-electron chi connectivity index (χ2n) is 13.6. The van der Waals surface area contributed by atoms with E-state index < -0.39 is 14.3 Å². The third-order valence-electron chi connectivity index (χ3n) is 9.22. The van der Waals surface area contributed by atoms with Gasteiger partial charge in [0.2, 0.25) is 0 Å². The first-order valence-corrected chi connectivity index (χ1v) is 20.0. The van der Waals surface area contributed by atoms with Crippen LogP contribution in [0.4, 0.5) is 0 Å². The van der Waals surface area contributed by atoms with Crippen molar-refractivity contribution in [1.29, 1.82) is 0 Å². The summed E-state index contributed by atoms with van der Waals surface area (Å²) >= 11 is 3.84. The topological polar surface area (TPSA) is 55.8 Å². The highest BCUT2D eigenvalue weighted by Crippen LogP contribution is 2.49. The van der Waals surface area contributed by atoms with E-state index in [2.05, 4.69) is 93.6 Å². The van der Waals surface area contributed by atoms with Gasteiger partial charge < -0.3 is 14.3 Å². The molecule has 7 heteroatoms. The number of hydrogen-bond acceptors (Lipinski definition) is 6. The van der Waals surface area contributed by atoms with E-state index in [4.69, 9.17) is 9.16 Å². The second kappa shape index (κ2) is 13.1. The molecule has 1 N–H and O–H groups in total. The molecule has 0 unspecified atom stereocenters. The summed E-state index contributed by atoms with van der Waals surface area (Å²) in [5.41, 5.74) is 1.02. The number of fused-ring (bicyclic) bond motifs is 2. The molecular formula is C38H44O4S2Si. The molecule has 4 nitrogen and oxygen atoms in total. The Kier molecular flexibility index (Phi) is 9.33. The van der Waals surface area contributed by atoms with Gasteiger partial charge in [0.1, 0.15) is 17.1 Å². The Morgan fingerprint density at radius 2 is 1.58 bits per heavy atom. The summed E-state index contributed by atoms with van der Waals surface area (Å²) < 4.78 is 13.1. The molecule has 2 heterocycles. The lowest BCUT2D eigenvalue weighted by molar-refractivity contribution is 0.0307. The summed E-state index contributed by atoms with van der Waals surface area (Å²) in [5, 5.41) is 13.7. The number of phenolic OH excluding ortho intramolecular Hbond substituents is 1. The molecule has 3 aromatic carbocycles. The number of carbonyl (C=O) groups excluding carboxylic acids is 1. The maximum absolute atomic E-state index is 13.8. The number of thioether (sulfide) groups is 2. The van der Waals surface area contributed by atoms with Crippen LogP contribution in [0.2, 0.25) is 5.04 Å². The number of hydrogen-bond donors (Lipinski definition) is 1. The summed E-state index contributed by atoms with van der Waals surface area (Å²) in [6.45, 7) is 8.69. The van der Waals surface area contributed by atoms with Crippen LogP contribution in [0.25, 0.3) is 0 Å². The molecule has 3 aromatic rings. The fourth-order valence-electron chi connectivity index (χ4n) is 6.93. The van der Waals surface area contributed by atoms with Gasteiger partial charge >= 0.3 is 14.3 Å². The van der Waals surface area contributed by atoms with E-state index in [1.54, 1.807) is 6.07 Å². The zero-order valence-corrected chi connectivity index (χ0v) is 29.3. The van der Waals surface area contributed by atoms with Gasteiger partial charge in [-0.25, -0.2) is 4.79 Å². The molecule has 2 aliphatic heterocycles. The Bertz CT molecular complexity index is 1520. The van der Waals surface area contributed by atoms with Gasteiger partial charge in [-0.3, -0.25) is 0 Å². The van der Waals surface area contributed by atoms with Crippen molar-refractivity contribution in [2.75, 3.05) is 11.5 Å². The lowest BCUT2D eigenvalue weighted by Crippen LogP contribution is -2.68. The van der Waals surface area contributed by atoms with E-state index in [-0.39, 0.29) is 26.5 Å². The van der Waals surface area contributed by atoms with Crippen molar-refractivity contribution < 1.29 is 19.1 Å². The Hall–Kier alpha value is -2.87. The predicted molar refractivity (Wildman–Crippen MR) is 192 cm³/mol. The smallest absolute Gasteiger partial charge is 0.342 e. The highest BCUT2D eigenvalue weighted by atomic mass is 32.2. The van der Waals surface area contributed by atoms with Crippen LogP contribution in [0.1, 0.15) is 62.9 Å². The number of aromatic hydroxyl groups is 1. The van der Waals surface area contributed by atoms with Crippen LogP contribution in [-0.4, -0.2) is 41.1 Å². The molecule has 2 fully saturated rings. The first kappa shape index (κ1) is 32.1. The van der Waals surface area contributed by atoms with E-state index in [9.17, 15) is 9.90 Å². The van der Waals surface area contributed by atoms with Gasteiger partial charge in [-0.05, 0) is 76.6 Å². The van der Waals surface area contributed by atoms with Crippen LogP contribution in [0.15, 0.2) is 97.1 Å². The van der Waals surface area contributed by atoms with Crippen LogP contribution in [0.5, 0.6) is 11.5 Å². The average molecular weight is 657 g/mol. The molecule has 236 valence electrons. The predicted octanol–water partition coefficient (Wildman–Crippen LogP) is 8.14. The van der Waals surface area contributed by atoms with Crippen molar-refractivity contribution in [2.24, 2.45) is 11.8 Å². The molecule has 0 amide bonds. The quantitative estimate of drug-likeness (QED) is 0.226. The Morgan fingerprint density at radius 3 is 2.20 bits per heavy atom. The number of phenols is 1. The molecule has 3 atom stereocenters. The molecule has 0 aromatic heterocycles. The molecular weight excluding hydrogens is 613 g/mol. The Balaban J connectivity index is 1.49. The van der Waals surface area contributed by atoms with Crippen molar-refractivity contribution in [3.63, 3.8) is 0 Å². The van der Waals surface area contributed by atoms with Gasteiger partial charge in [-0.15, -0.1) is 23.5 Å². The van der Waals surface area contributed by atoms with Gasteiger partial charge in [0.25, 0.3) is 0 Å². The zero-order valence-electron chi connectivity index (χ0n) is 26.7. The summed E-state index contributed by atoms with van der Waals surface area (Å²) in [5.74, 6) is 3.21. The van der Waals surface area contributed by atoms with Gasteiger partial charge in [-0.2, -0.15) is 0 Å². The van der Waals surface area contributed by atoms with Crippen molar-refractivity contribution in [3.05, 3.63) is 108 Å². The standard InChI is InChI=1S/C38H44O4S2Si/c1-27-22-29-23-28(29)14-11-12-19-38(43-20-13-21-44-38)26-30-24-31(25-34(39)35(30)36(40)41-27)42-45(37(2,3)4,32-15-7-5-8-16-32)33-17-9-6-10-18-33/h5-12,14-19,24-25,27-29,39H,13,20-23,26H2,1-4H3/b14-11-,19-12+/t27-,28+,29+/m1/s1. The molecule has 45 heavy (non-hydrogen) atoms. The molecule has 1 aliphatic carbocycles. The lowest BCUT2D eigenvalue weighted by atomic mass is 10.00. The number of benzene rings is 3.